The Morgan fingerprint density at radius 3 is 1.28 bits per heavy atom. The molecule has 1 unspecified atom stereocenters. The van der Waals surface area contributed by atoms with Crippen LogP contribution in [-0.2, 0) is 54.4 Å². The van der Waals surface area contributed by atoms with Crippen LogP contribution in [0.3, 0.4) is 0 Å². The lowest BCUT2D eigenvalue weighted by Gasteiger charge is -2.62. The van der Waals surface area contributed by atoms with Crippen molar-refractivity contribution in [2.45, 2.75) is 219 Å². The zero-order valence-corrected chi connectivity index (χ0v) is 81.2. The van der Waals surface area contributed by atoms with Crippen molar-refractivity contribution in [1.82, 2.24) is 41.2 Å². The molecule has 26 heteroatoms. The van der Waals surface area contributed by atoms with E-state index in [0.29, 0.717) is 104 Å². The molecule has 6 saturated carbocycles. The number of aliphatic hydroxyl groups is 5. The summed E-state index contributed by atoms with van der Waals surface area (Å²) in [7, 11) is 13.1. The molecule has 18 atom stereocenters. The minimum absolute atomic E-state index is 0.0194. The standard InChI is InChI=1S/C52H79N5O7Si.C46H65N5O7.C4H8O/c1-33-43-28-39(52(43,6)7)29-44(33)54-50(61)47-46(34(2)59)45(32-58)64-57(47)30-36-20-17-21-42(48(36)62-11)37-25-38(27-41(26-37)56(10)22-23-63-65(12,13)51(3,4)5)49(60)53-40(31-55(8)9)24-35-18-15-14-16-19-35;1-28-38-23-34(46(38,3)4)24-39(28)48-45(56)42-41(29(2)54)40(27-53)58-51(42)25-31-15-12-16-37(43(31)57-8)32-20-33(22-36(21-32)50(7)17-18-52)44(55)47-35(26-49(5)6)19-30-13-10-9-11-14-30;1-2-4-5-3-1/h14-21,25-27,33-34,39-40,43-47,58-59H,22-24,28-32H2,1-13H3,(H,53,60)(H,54,61);9-16,20-22,28-29,34-35,38-42,52-54H,17-19,23-27H2,1-8H3,(H,47,55)(H,48,56);1-4H2/t33-,34-,39+,40-,43-,44-,45-,46+,47-;28-,29-,34+,35-,38-,39?,40-,41+,42-;/m00./s1. The first-order valence-corrected chi connectivity index (χ1v) is 49.5. The molecule has 0 radical (unpaired) electrons. The fraction of sp³-hybridized carbons (Fsp3) is 0.608. The lowest BCUT2D eigenvalue weighted by atomic mass is 9.45. The van der Waals surface area contributed by atoms with Crippen LogP contribution in [0.5, 0.6) is 11.5 Å². The summed E-state index contributed by atoms with van der Waals surface area (Å²) in [6, 6.07) is 41.6. The fourth-order valence-corrected chi connectivity index (χ4v) is 22.0. The lowest BCUT2D eigenvalue weighted by molar-refractivity contribution is -0.183. The summed E-state index contributed by atoms with van der Waals surface area (Å²) in [5, 5.41) is 69.5. The summed E-state index contributed by atoms with van der Waals surface area (Å²) >= 11 is 0. The van der Waals surface area contributed by atoms with E-state index in [1.54, 1.807) is 38.2 Å². The molecule has 9 aliphatic rings. The molecule has 25 nitrogen and oxygen atoms in total. The quantitative estimate of drug-likeness (QED) is 0.0165. The van der Waals surface area contributed by atoms with Crippen molar-refractivity contribution in [3.8, 4) is 33.8 Å². The summed E-state index contributed by atoms with van der Waals surface area (Å²) in [6.45, 7) is 32.7. The fourth-order valence-electron chi connectivity index (χ4n) is 21.0. The lowest BCUT2D eigenvalue weighted by Crippen LogP contribution is -2.62. The Labute approximate surface area is 763 Å². The van der Waals surface area contributed by atoms with Crippen LogP contribution in [0, 0.1) is 58.2 Å². The van der Waals surface area contributed by atoms with Gasteiger partial charge in [-0.25, -0.2) is 0 Å². The van der Waals surface area contributed by atoms with Gasteiger partial charge < -0.3 is 85.0 Å². The van der Waals surface area contributed by atoms with Gasteiger partial charge in [-0.2, -0.15) is 10.1 Å². The van der Waals surface area contributed by atoms with E-state index in [1.807, 2.05) is 150 Å². The molecule has 6 aliphatic carbocycles. The van der Waals surface area contributed by atoms with E-state index < -0.39 is 56.7 Å². The van der Waals surface area contributed by atoms with Gasteiger partial charge in [0, 0.05) is 134 Å². The van der Waals surface area contributed by atoms with Gasteiger partial charge in [-0.1, -0.05) is 159 Å². The minimum atomic E-state index is -1.99. The topological polar surface area (TPSA) is 292 Å². The van der Waals surface area contributed by atoms with Crippen LogP contribution < -0.4 is 40.5 Å². The van der Waals surface area contributed by atoms with E-state index in [-0.39, 0.29) is 96.6 Å². The average molecular weight is 1790 g/mol. The van der Waals surface area contributed by atoms with Crippen molar-refractivity contribution in [2.24, 2.45) is 58.2 Å². The zero-order chi connectivity index (χ0) is 93.0. The Bertz CT molecular complexity index is 4610. The summed E-state index contributed by atoms with van der Waals surface area (Å²) in [6.07, 6.45) is 4.73. The van der Waals surface area contributed by atoms with Crippen molar-refractivity contribution in [3.63, 3.8) is 0 Å². The highest BCUT2D eigenvalue weighted by Crippen LogP contribution is 2.63. The first-order chi connectivity index (χ1) is 60.7. The molecule has 3 saturated heterocycles. The van der Waals surface area contributed by atoms with E-state index >= 15 is 0 Å². The number of amides is 4. The molecule has 3 heterocycles. The molecule has 9 N–H and O–H groups in total. The Balaban J connectivity index is 0.000000236. The van der Waals surface area contributed by atoms with Crippen LogP contribution in [0.25, 0.3) is 22.3 Å². The van der Waals surface area contributed by atoms with Crippen LogP contribution in [-0.4, -0.2) is 260 Å². The normalized spacial score (nSPS) is 25.5. The van der Waals surface area contributed by atoms with Crippen molar-refractivity contribution in [2.75, 3.05) is 132 Å². The number of hydroxylamine groups is 4. The van der Waals surface area contributed by atoms with E-state index in [4.69, 9.17) is 28.3 Å². The van der Waals surface area contributed by atoms with Gasteiger partial charge in [0.1, 0.15) is 35.8 Å². The highest BCUT2D eigenvalue weighted by Gasteiger charge is 2.60. The molecule has 6 aromatic rings. The highest BCUT2D eigenvalue weighted by molar-refractivity contribution is 6.74. The second-order valence-corrected chi connectivity index (χ2v) is 45.6. The smallest absolute Gasteiger partial charge is 0.251 e. The third-order valence-corrected chi connectivity index (χ3v) is 34.2. The molecule has 4 bridgehead atoms. The second-order valence-electron chi connectivity index (χ2n) is 40.7. The number of ether oxygens (including phenoxy) is 3. The third-order valence-electron chi connectivity index (χ3n) is 29.7. The molecule has 704 valence electrons. The van der Waals surface area contributed by atoms with Crippen molar-refractivity contribution < 1.29 is 73.0 Å². The van der Waals surface area contributed by atoms with Gasteiger partial charge in [0.2, 0.25) is 11.8 Å². The number of nitrogens with one attached hydrogen (secondary N) is 4. The number of nitrogens with zero attached hydrogens (tertiary/aromatic N) is 6. The number of anilines is 2. The van der Waals surface area contributed by atoms with Gasteiger partial charge in [-0.05, 0) is 217 Å². The number of carbonyl (C=O) groups is 4. The van der Waals surface area contributed by atoms with E-state index in [9.17, 15) is 44.7 Å². The molecule has 9 fully saturated rings. The van der Waals surface area contributed by atoms with Gasteiger partial charge in [-0.15, -0.1) is 0 Å². The van der Waals surface area contributed by atoms with E-state index in [2.05, 4.69) is 142 Å². The predicted molar refractivity (Wildman–Crippen MR) is 509 cm³/mol. The number of likely N-dealkylation sites (N-methyl/N-ethyl adjacent to an activating group) is 4. The third kappa shape index (κ3) is 23.9. The molecule has 0 spiro atoms. The number of carbonyl (C=O) groups excluding carboxylic acids is 4. The molecule has 6 aromatic carbocycles. The number of hydrogen-bond acceptors (Lipinski definition) is 21. The number of para-hydroxylation sites is 2. The number of rotatable bonds is 36. The highest BCUT2D eigenvalue weighted by atomic mass is 28.4. The molecule has 0 aromatic heterocycles. The molecule has 15 rings (SSSR count). The van der Waals surface area contributed by atoms with Crippen molar-refractivity contribution in [1.29, 1.82) is 0 Å². The summed E-state index contributed by atoms with van der Waals surface area (Å²) in [4.78, 5) is 78.2. The maximum Gasteiger partial charge on any atom is 0.251 e. The van der Waals surface area contributed by atoms with Gasteiger partial charge in [-0.3, -0.25) is 28.9 Å². The number of aliphatic hydroxyl groups excluding tert-OH is 5. The van der Waals surface area contributed by atoms with Crippen LogP contribution in [0.15, 0.2) is 133 Å². The second kappa shape index (κ2) is 44.1. The Kier molecular flexibility index (Phi) is 34.7. The van der Waals surface area contributed by atoms with Crippen LogP contribution in [0.4, 0.5) is 11.4 Å². The van der Waals surface area contributed by atoms with Crippen LogP contribution in [0.1, 0.15) is 158 Å². The van der Waals surface area contributed by atoms with Gasteiger partial charge in [0.05, 0.1) is 65.9 Å². The number of fused-ring (bicyclic) bond motifs is 4. The average Bonchev–Trinajstić information content (AvgIpc) is 1.09. The van der Waals surface area contributed by atoms with E-state index in [1.165, 1.54) is 25.7 Å². The van der Waals surface area contributed by atoms with Crippen LogP contribution in [0.2, 0.25) is 18.1 Å². The first kappa shape index (κ1) is 101. The van der Waals surface area contributed by atoms with E-state index in [0.717, 1.165) is 81.9 Å². The molecule has 3 aliphatic heterocycles. The molecular weight excluding hydrogens is 1630 g/mol. The van der Waals surface area contributed by atoms with Crippen molar-refractivity contribution in [3.05, 3.63) is 167 Å². The molecule has 4 amide bonds. The monoisotopic (exact) mass is 1790 g/mol. The summed E-state index contributed by atoms with van der Waals surface area (Å²) in [5.41, 5.74) is 9.89. The first-order valence-electron chi connectivity index (χ1n) is 46.6. The Morgan fingerprint density at radius 1 is 0.555 bits per heavy atom. The zero-order valence-electron chi connectivity index (χ0n) is 80.2. The summed E-state index contributed by atoms with van der Waals surface area (Å²) in [5.74, 6) is 1.80. The van der Waals surface area contributed by atoms with Gasteiger partial charge in [0.15, 0.2) is 8.32 Å². The largest absolute Gasteiger partial charge is 0.496 e. The Hall–Kier alpha value is -7.90. The Morgan fingerprint density at radius 2 is 0.953 bits per heavy atom. The molecule has 128 heavy (non-hydrogen) atoms. The minimum Gasteiger partial charge on any atom is -0.496 e. The van der Waals surface area contributed by atoms with Crippen molar-refractivity contribution >= 4 is 43.3 Å². The number of methoxy groups -OCH3 is 2. The van der Waals surface area contributed by atoms with Crippen LogP contribution >= 0.6 is 0 Å². The molecular formula is C102H152N10O15Si. The number of hydrogen-bond donors (Lipinski definition) is 9. The summed E-state index contributed by atoms with van der Waals surface area (Å²) < 4.78 is 23.9. The SMILES string of the molecule is C1CCOC1.COc1c(CN2O[C@@H](CO)[C@@H]([C@H](C)O)[C@H]2C(=O)NC2C[C@H]3C[C@@H]([C@@H]2C)C3(C)C)cccc1-c1cc(C(=O)N[C@@H](Cc2ccccc2)CN(C)C)cc(N(C)CCO)c1.COc1c(CN2O[C@@H](CO)[C@@H]([C@H](C)O)[C@H]2C(=O)N[C@H]2C[C@H]3C[C@@H]([C@@H]2C)C3(C)C)cccc1-c1cc(C(=O)N[C@@H](Cc2ccccc2)CN(C)C)cc(N(C)CCO[Si](C)(C)C(C)(C)C)c1. The predicted octanol–water partition coefficient (Wildman–Crippen LogP) is 12.5. The number of benzene rings is 6. The maximum atomic E-state index is 14.5. The maximum absolute atomic E-state index is 14.5. The van der Waals surface area contributed by atoms with Gasteiger partial charge >= 0.3 is 0 Å². The van der Waals surface area contributed by atoms with Gasteiger partial charge in [0.25, 0.3) is 11.8 Å².